The Kier molecular flexibility index (Phi) is 8.89. The van der Waals surface area contributed by atoms with Gasteiger partial charge in [-0.05, 0) is 55.2 Å². The molecule has 0 aromatic heterocycles. The molecule has 1 heterocycles. The van der Waals surface area contributed by atoms with Crippen molar-refractivity contribution in [2.24, 2.45) is 4.99 Å². The molecule has 2 rings (SSSR count). The summed E-state index contributed by atoms with van der Waals surface area (Å²) in [6, 6.07) is 8.33. The highest BCUT2D eigenvalue weighted by Gasteiger charge is 2.21. The van der Waals surface area contributed by atoms with E-state index in [1.807, 2.05) is 18.3 Å². The highest BCUT2D eigenvalue weighted by atomic mass is 32.2. The van der Waals surface area contributed by atoms with Crippen LogP contribution in [0.5, 0.6) is 0 Å². The third kappa shape index (κ3) is 6.12. The number of anilines is 1. The molecule has 0 saturated carbocycles. The minimum absolute atomic E-state index is 0.124. The van der Waals surface area contributed by atoms with Crippen molar-refractivity contribution in [2.45, 2.75) is 45.3 Å². The van der Waals surface area contributed by atoms with Crippen LogP contribution < -0.4 is 4.90 Å². The van der Waals surface area contributed by atoms with Gasteiger partial charge in [-0.2, -0.15) is 0 Å². The van der Waals surface area contributed by atoms with E-state index in [1.165, 1.54) is 6.42 Å². The molecule has 27 heavy (non-hydrogen) atoms. The van der Waals surface area contributed by atoms with Gasteiger partial charge in [0.15, 0.2) is 0 Å². The Hall–Kier alpha value is -1.78. The molecule has 0 aliphatic carbocycles. The van der Waals surface area contributed by atoms with Gasteiger partial charge in [-0.25, -0.2) is 0 Å². The first-order valence-electron chi connectivity index (χ1n) is 9.67. The van der Waals surface area contributed by atoms with E-state index in [0.29, 0.717) is 0 Å². The van der Waals surface area contributed by atoms with Crippen molar-refractivity contribution in [2.75, 3.05) is 24.8 Å². The van der Waals surface area contributed by atoms with E-state index in [1.54, 1.807) is 11.8 Å². The first-order chi connectivity index (χ1) is 13.1. The molecule has 3 nitrogen and oxygen atoms in total. The van der Waals surface area contributed by atoms with Gasteiger partial charge in [0, 0.05) is 31.1 Å². The molecular formula is C23H32N2OS. The Labute approximate surface area is 168 Å². The summed E-state index contributed by atoms with van der Waals surface area (Å²) in [5.74, 6) is 0. The molecule has 0 radical (unpaired) electrons. The summed E-state index contributed by atoms with van der Waals surface area (Å²) in [5.41, 5.74) is 4.01. The smallest absolute Gasteiger partial charge is 0.129 e. The van der Waals surface area contributed by atoms with Crippen LogP contribution in [-0.4, -0.2) is 31.2 Å². The first kappa shape index (κ1) is 21.5. The van der Waals surface area contributed by atoms with Gasteiger partial charge < -0.3 is 9.64 Å². The zero-order chi connectivity index (χ0) is 19.6. The SMILES string of the molecule is C=C(/C=C\N=C(CCC)SC)C(=C)c1ccccc1N(C)C1CCCCO1. The Balaban J connectivity index is 2.15. The quantitative estimate of drug-likeness (QED) is 0.299. The maximum Gasteiger partial charge on any atom is 0.129 e. The van der Waals surface area contributed by atoms with Crippen LogP contribution in [-0.2, 0) is 4.74 Å². The fraction of sp³-hybridized carbons (Fsp3) is 0.435. The number of para-hydroxylation sites is 1. The summed E-state index contributed by atoms with van der Waals surface area (Å²) in [6.45, 7) is 11.5. The zero-order valence-electron chi connectivity index (χ0n) is 16.9. The topological polar surface area (TPSA) is 24.8 Å². The molecular weight excluding hydrogens is 352 g/mol. The fourth-order valence-corrected chi connectivity index (χ4v) is 3.71. The van der Waals surface area contributed by atoms with Gasteiger partial charge in [-0.1, -0.05) is 44.7 Å². The van der Waals surface area contributed by atoms with E-state index >= 15 is 0 Å². The molecule has 0 N–H and O–H groups in total. The number of thioether (sulfide) groups is 1. The molecule has 1 saturated heterocycles. The van der Waals surface area contributed by atoms with Crippen LogP contribution in [0, 0.1) is 0 Å². The molecule has 0 amide bonds. The van der Waals surface area contributed by atoms with E-state index in [0.717, 1.165) is 59.7 Å². The Morgan fingerprint density at radius 2 is 2.11 bits per heavy atom. The van der Waals surface area contributed by atoms with Crippen LogP contribution in [0.15, 0.2) is 60.3 Å². The molecule has 1 aromatic rings. The minimum Gasteiger partial charge on any atom is -0.358 e. The highest BCUT2D eigenvalue weighted by molar-refractivity contribution is 8.13. The molecule has 0 bridgehead atoms. The lowest BCUT2D eigenvalue weighted by Gasteiger charge is -2.34. The van der Waals surface area contributed by atoms with Crippen molar-refractivity contribution >= 4 is 28.1 Å². The molecule has 0 spiro atoms. The highest BCUT2D eigenvalue weighted by Crippen LogP contribution is 2.32. The van der Waals surface area contributed by atoms with Crippen LogP contribution in [0.4, 0.5) is 5.69 Å². The number of hydrogen-bond acceptors (Lipinski definition) is 4. The van der Waals surface area contributed by atoms with Crippen molar-refractivity contribution in [1.29, 1.82) is 0 Å². The van der Waals surface area contributed by atoms with Gasteiger partial charge in [0.25, 0.3) is 0 Å². The predicted molar refractivity (Wildman–Crippen MR) is 122 cm³/mol. The fourth-order valence-electron chi connectivity index (χ4n) is 3.14. The van der Waals surface area contributed by atoms with E-state index in [9.17, 15) is 0 Å². The van der Waals surface area contributed by atoms with Crippen molar-refractivity contribution in [3.63, 3.8) is 0 Å². The van der Waals surface area contributed by atoms with Crippen molar-refractivity contribution in [3.8, 4) is 0 Å². The standard InChI is InChI=1S/C23H32N2OS/c1-6-11-22(27-5)24-16-15-18(2)19(3)20-12-7-8-13-21(20)25(4)23-14-9-10-17-26-23/h7-8,12-13,15-16,23H,2-3,6,9-11,14,17H2,1,4-5H3/b16-15-,24-22?. The Bertz CT molecular complexity index is 702. The minimum atomic E-state index is 0.124. The molecule has 1 atom stereocenters. The predicted octanol–water partition coefficient (Wildman–Crippen LogP) is 6.29. The van der Waals surface area contributed by atoms with E-state index < -0.39 is 0 Å². The van der Waals surface area contributed by atoms with Crippen LogP contribution >= 0.6 is 11.8 Å². The maximum absolute atomic E-state index is 5.96. The summed E-state index contributed by atoms with van der Waals surface area (Å²) < 4.78 is 5.96. The second kappa shape index (κ2) is 11.2. The summed E-state index contributed by atoms with van der Waals surface area (Å²) in [6.07, 6.45) is 11.5. The van der Waals surface area contributed by atoms with Gasteiger partial charge in [0.1, 0.15) is 6.23 Å². The molecule has 1 aliphatic heterocycles. The number of aliphatic imine (C=N–C) groups is 1. The number of nitrogens with zero attached hydrogens (tertiary/aromatic N) is 2. The summed E-state index contributed by atoms with van der Waals surface area (Å²) in [4.78, 5) is 6.77. The van der Waals surface area contributed by atoms with Gasteiger partial charge in [-0.15, -0.1) is 11.8 Å². The van der Waals surface area contributed by atoms with Crippen LogP contribution in [0.25, 0.3) is 5.57 Å². The third-order valence-electron chi connectivity index (χ3n) is 4.78. The average molecular weight is 385 g/mol. The second-order valence-corrected chi connectivity index (χ2v) is 7.63. The monoisotopic (exact) mass is 384 g/mol. The van der Waals surface area contributed by atoms with E-state index in [4.69, 9.17) is 4.74 Å². The lowest BCUT2D eigenvalue weighted by molar-refractivity contribution is 0.0174. The van der Waals surface area contributed by atoms with Gasteiger partial charge in [0.05, 0.1) is 5.04 Å². The first-order valence-corrected chi connectivity index (χ1v) is 10.9. The van der Waals surface area contributed by atoms with Gasteiger partial charge in [-0.3, -0.25) is 4.99 Å². The molecule has 4 heteroatoms. The molecule has 1 fully saturated rings. The molecule has 1 aliphatic rings. The third-order valence-corrected chi connectivity index (χ3v) is 5.56. The summed E-state index contributed by atoms with van der Waals surface area (Å²) in [7, 11) is 2.10. The molecule has 146 valence electrons. The summed E-state index contributed by atoms with van der Waals surface area (Å²) in [5, 5.41) is 1.14. The lowest BCUT2D eigenvalue weighted by atomic mass is 9.98. The van der Waals surface area contributed by atoms with Crippen LogP contribution in [0.1, 0.15) is 44.6 Å². The zero-order valence-corrected chi connectivity index (χ0v) is 17.7. The maximum atomic E-state index is 5.96. The van der Waals surface area contributed by atoms with Crippen LogP contribution in [0.2, 0.25) is 0 Å². The van der Waals surface area contributed by atoms with Gasteiger partial charge >= 0.3 is 0 Å². The van der Waals surface area contributed by atoms with Crippen molar-refractivity contribution in [1.82, 2.24) is 0 Å². The number of rotatable bonds is 8. The normalized spacial score (nSPS) is 17.9. The molecule has 1 aromatic carbocycles. The Morgan fingerprint density at radius 3 is 2.78 bits per heavy atom. The lowest BCUT2D eigenvalue weighted by Crippen LogP contribution is -2.37. The van der Waals surface area contributed by atoms with Crippen molar-refractivity contribution < 1.29 is 4.74 Å². The van der Waals surface area contributed by atoms with E-state index in [2.05, 4.69) is 61.5 Å². The second-order valence-electron chi connectivity index (χ2n) is 6.75. The van der Waals surface area contributed by atoms with E-state index in [-0.39, 0.29) is 6.23 Å². The van der Waals surface area contributed by atoms with Crippen molar-refractivity contribution in [3.05, 3.63) is 60.8 Å². The summed E-state index contributed by atoms with van der Waals surface area (Å²) >= 11 is 1.70. The average Bonchev–Trinajstić information content (AvgIpc) is 2.72. The Morgan fingerprint density at radius 1 is 1.33 bits per heavy atom. The largest absolute Gasteiger partial charge is 0.358 e. The molecule has 1 unspecified atom stereocenters. The van der Waals surface area contributed by atoms with Crippen LogP contribution in [0.3, 0.4) is 0 Å². The number of allylic oxidation sites excluding steroid dienone is 3. The van der Waals surface area contributed by atoms with Gasteiger partial charge in [0.2, 0.25) is 0 Å². The number of hydrogen-bond donors (Lipinski definition) is 0. The number of benzene rings is 1. The number of ether oxygens (including phenoxy) is 1.